The van der Waals surface area contributed by atoms with Crippen LogP contribution in [0.2, 0.25) is 0 Å². The molecule has 1 aliphatic rings. The fourth-order valence-corrected chi connectivity index (χ4v) is 4.00. The summed E-state index contributed by atoms with van der Waals surface area (Å²) in [5.74, 6) is 0. The number of amides is 1. The Morgan fingerprint density at radius 2 is 2.10 bits per heavy atom. The highest BCUT2D eigenvalue weighted by atomic mass is 32.1. The molecule has 1 fully saturated rings. The van der Waals surface area contributed by atoms with E-state index in [1.807, 2.05) is 6.92 Å². The summed E-state index contributed by atoms with van der Waals surface area (Å²) in [6.45, 7) is 9.52. The van der Waals surface area contributed by atoms with Crippen molar-refractivity contribution in [1.82, 2.24) is 9.80 Å². The summed E-state index contributed by atoms with van der Waals surface area (Å²) in [6.07, 6.45) is -0.207. The van der Waals surface area contributed by atoms with Crippen molar-refractivity contribution < 1.29 is 9.53 Å². The van der Waals surface area contributed by atoms with Gasteiger partial charge in [0.25, 0.3) is 0 Å². The van der Waals surface area contributed by atoms with Crippen LogP contribution in [-0.4, -0.2) is 54.7 Å². The zero-order valence-corrected chi connectivity index (χ0v) is 13.9. The van der Waals surface area contributed by atoms with Crippen LogP contribution in [0.4, 0.5) is 4.79 Å². The summed E-state index contributed by atoms with van der Waals surface area (Å²) < 4.78 is 5.06. The molecule has 2 unspecified atom stereocenters. The SMILES string of the molecule is CCOC(=O)N1CCN(C(c2sccc2C)C(C)N)CC1. The molecule has 2 rings (SSSR count). The minimum Gasteiger partial charge on any atom is -0.450 e. The number of nitrogens with two attached hydrogens (primary N) is 1. The molecule has 2 heterocycles. The van der Waals surface area contributed by atoms with Crippen LogP contribution in [0.5, 0.6) is 0 Å². The maximum atomic E-state index is 11.8. The second-order valence-corrected chi connectivity index (χ2v) is 6.44. The minimum atomic E-state index is -0.207. The lowest BCUT2D eigenvalue weighted by molar-refractivity contribution is 0.0624. The highest BCUT2D eigenvalue weighted by Gasteiger charge is 2.30. The first-order chi connectivity index (χ1) is 10.0. The lowest BCUT2D eigenvalue weighted by Crippen LogP contribution is -2.52. The van der Waals surface area contributed by atoms with Gasteiger partial charge >= 0.3 is 6.09 Å². The molecule has 6 heteroatoms. The average molecular weight is 311 g/mol. The van der Waals surface area contributed by atoms with E-state index in [4.69, 9.17) is 10.5 Å². The predicted molar refractivity (Wildman–Crippen MR) is 85.6 cm³/mol. The van der Waals surface area contributed by atoms with Crippen LogP contribution in [0, 0.1) is 6.92 Å². The molecule has 0 aliphatic carbocycles. The van der Waals surface area contributed by atoms with E-state index in [9.17, 15) is 4.79 Å². The molecule has 1 saturated heterocycles. The minimum absolute atomic E-state index is 0.0662. The summed E-state index contributed by atoms with van der Waals surface area (Å²) in [7, 11) is 0. The van der Waals surface area contributed by atoms with Crippen molar-refractivity contribution in [2.24, 2.45) is 5.73 Å². The van der Waals surface area contributed by atoms with Crippen LogP contribution >= 0.6 is 11.3 Å². The van der Waals surface area contributed by atoms with Gasteiger partial charge in [0.2, 0.25) is 0 Å². The van der Waals surface area contributed by atoms with E-state index in [1.165, 1.54) is 10.4 Å². The highest BCUT2D eigenvalue weighted by molar-refractivity contribution is 7.10. The van der Waals surface area contributed by atoms with E-state index in [1.54, 1.807) is 16.2 Å². The van der Waals surface area contributed by atoms with E-state index in [0.29, 0.717) is 19.7 Å². The molecule has 21 heavy (non-hydrogen) atoms. The van der Waals surface area contributed by atoms with Gasteiger partial charge in [-0.05, 0) is 37.8 Å². The Labute approximate surface area is 130 Å². The molecule has 2 atom stereocenters. The number of carbonyl (C=O) groups excluding carboxylic acids is 1. The van der Waals surface area contributed by atoms with E-state index >= 15 is 0 Å². The van der Waals surface area contributed by atoms with Crippen LogP contribution in [0.25, 0.3) is 0 Å². The topological polar surface area (TPSA) is 58.8 Å². The number of nitrogens with zero attached hydrogens (tertiary/aromatic N) is 2. The van der Waals surface area contributed by atoms with Gasteiger partial charge in [-0.25, -0.2) is 4.79 Å². The average Bonchev–Trinajstić information content (AvgIpc) is 2.86. The van der Waals surface area contributed by atoms with Crippen LogP contribution in [0.3, 0.4) is 0 Å². The third kappa shape index (κ3) is 3.75. The number of carbonyl (C=O) groups is 1. The van der Waals surface area contributed by atoms with Gasteiger partial charge < -0.3 is 15.4 Å². The summed E-state index contributed by atoms with van der Waals surface area (Å²) >= 11 is 1.77. The van der Waals surface area contributed by atoms with Crippen LogP contribution in [0.15, 0.2) is 11.4 Å². The lowest BCUT2D eigenvalue weighted by atomic mass is 10.0. The van der Waals surface area contributed by atoms with Gasteiger partial charge in [-0.15, -0.1) is 11.3 Å². The molecule has 0 spiro atoms. The Kier molecular flexibility index (Phi) is 5.61. The first-order valence-electron chi connectivity index (χ1n) is 7.50. The summed E-state index contributed by atoms with van der Waals surface area (Å²) in [4.78, 5) is 17.3. The first-order valence-corrected chi connectivity index (χ1v) is 8.37. The second-order valence-electron chi connectivity index (χ2n) is 5.49. The van der Waals surface area contributed by atoms with E-state index < -0.39 is 0 Å². The summed E-state index contributed by atoms with van der Waals surface area (Å²) in [5.41, 5.74) is 7.53. The third-order valence-electron chi connectivity index (χ3n) is 3.90. The van der Waals surface area contributed by atoms with Crippen molar-refractivity contribution in [3.8, 4) is 0 Å². The fraction of sp³-hybridized carbons (Fsp3) is 0.667. The molecular formula is C15H25N3O2S. The quantitative estimate of drug-likeness (QED) is 0.926. The van der Waals surface area contributed by atoms with Crippen molar-refractivity contribution in [3.05, 3.63) is 21.9 Å². The Bertz CT molecular complexity index is 467. The molecule has 118 valence electrons. The maximum absolute atomic E-state index is 11.8. The van der Waals surface area contributed by atoms with Crippen LogP contribution in [0.1, 0.15) is 30.3 Å². The van der Waals surface area contributed by atoms with Crippen molar-refractivity contribution >= 4 is 17.4 Å². The summed E-state index contributed by atoms with van der Waals surface area (Å²) in [6, 6.07) is 2.44. The van der Waals surface area contributed by atoms with Gasteiger partial charge in [0, 0.05) is 37.1 Å². The molecule has 0 aromatic carbocycles. The zero-order chi connectivity index (χ0) is 15.4. The molecule has 2 N–H and O–H groups in total. The number of rotatable bonds is 4. The normalized spacial score (nSPS) is 19.3. The van der Waals surface area contributed by atoms with Crippen molar-refractivity contribution in [2.45, 2.75) is 32.9 Å². The van der Waals surface area contributed by atoms with E-state index in [2.05, 4.69) is 30.2 Å². The number of piperazine rings is 1. The van der Waals surface area contributed by atoms with Gasteiger partial charge in [0.1, 0.15) is 0 Å². The van der Waals surface area contributed by atoms with Crippen molar-refractivity contribution in [3.63, 3.8) is 0 Å². The Hall–Kier alpha value is -1.11. The Morgan fingerprint density at radius 1 is 1.43 bits per heavy atom. The molecule has 0 radical (unpaired) electrons. The third-order valence-corrected chi connectivity index (χ3v) is 4.99. The number of aryl methyl sites for hydroxylation is 1. The van der Waals surface area contributed by atoms with Crippen LogP contribution in [-0.2, 0) is 4.74 Å². The second kappa shape index (κ2) is 7.24. The molecule has 1 amide bonds. The van der Waals surface area contributed by atoms with E-state index in [0.717, 1.165) is 13.1 Å². The fourth-order valence-electron chi connectivity index (χ4n) is 2.82. The Morgan fingerprint density at radius 3 is 2.57 bits per heavy atom. The van der Waals surface area contributed by atoms with E-state index in [-0.39, 0.29) is 18.2 Å². The molecule has 5 nitrogen and oxygen atoms in total. The molecule has 1 aromatic rings. The van der Waals surface area contributed by atoms with Crippen molar-refractivity contribution in [1.29, 1.82) is 0 Å². The van der Waals surface area contributed by atoms with Gasteiger partial charge in [0.15, 0.2) is 0 Å². The summed E-state index contributed by atoms with van der Waals surface area (Å²) in [5, 5.41) is 2.12. The molecule has 1 aromatic heterocycles. The standard InChI is InChI=1S/C15H25N3O2S/c1-4-20-15(19)18-8-6-17(7-9-18)13(12(3)16)14-11(2)5-10-21-14/h5,10,12-13H,4,6-9,16H2,1-3H3. The van der Waals surface area contributed by atoms with Gasteiger partial charge in [0.05, 0.1) is 12.6 Å². The van der Waals surface area contributed by atoms with Gasteiger partial charge in [-0.2, -0.15) is 0 Å². The number of thiophene rings is 1. The number of hydrogen-bond donors (Lipinski definition) is 1. The maximum Gasteiger partial charge on any atom is 0.409 e. The highest BCUT2D eigenvalue weighted by Crippen LogP contribution is 2.31. The molecular weight excluding hydrogens is 286 g/mol. The molecule has 1 aliphatic heterocycles. The predicted octanol–water partition coefficient (Wildman–Crippen LogP) is 2.22. The molecule has 0 saturated carbocycles. The lowest BCUT2D eigenvalue weighted by Gasteiger charge is -2.40. The monoisotopic (exact) mass is 311 g/mol. The first kappa shape index (κ1) is 16.3. The van der Waals surface area contributed by atoms with Crippen LogP contribution < -0.4 is 5.73 Å². The smallest absolute Gasteiger partial charge is 0.409 e. The van der Waals surface area contributed by atoms with Gasteiger partial charge in [-0.1, -0.05) is 0 Å². The zero-order valence-electron chi connectivity index (χ0n) is 13.0. The van der Waals surface area contributed by atoms with Gasteiger partial charge in [-0.3, -0.25) is 4.90 Å². The number of ether oxygens (including phenoxy) is 1. The molecule has 0 bridgehead atoms. The number of hydrogen-bond acceptors (Lipinski definition) is 5. The largest absolute Gasteiger partial charge is 0.450 e. The van der Waals surface area contributed by atoms with Crippen molar-refractivity contribution in [2.75, 3.05) is 32.8 Å². The Balaban J connectivity index is 2.02.